The highest BCUT2D eigenvalue weighted by atomic mass is 16.1. The van der Waals surface area contributed by atoms with Crippen molar-refractivity contribution in [1.82, 2.24) is 10.3 Å². The number of anilines is 2. The third kappa shape index (κ3) is 2.94. The third-order valence-electron chi connectivity index (χ3n) is 2.90. The fourth-order valence-electron chi connectivity index (χ4n) is 1.85. The Bertz CT molecular complexity index is 382. The predicted octanol–water partition coefficient (Wildman–Crippen LogP) is 0.696. The number of carbonyl (C=O) groups excluding carboxylic acids is 1. The molecule has 0 aromatic carbocycles. The van der Waals surface area contributed by atoms with E-state index < -0.39 is 0 Å². The number of nitrogens with zero attached hydrogens (tertiary/aromatic N) is 2. The zero-order valence-corrected chi connectivity index (χ0v) is 10.2. The molecule has 5 heteroatoms. The Hall–Kier alpha value is -1.62. The van der Waals surface area contributed by atoms with E-state index in [9.17, 15) is 4.79 Å². The second kappa shape index (κ2) is 5.14. The first kappa shape index (κ1) is 11.9. The molecular formula is C12H18N4O. The first-order chi connectivity index (χ1) is 8.16. The monoisotopic (exact) mass is 234 g/mol. The van der Waals surface area contributed by atoms with Crippen LogP contribution in [-0.4, -0.2) is 38.1 Å². The molecule has 0 aliphatic carbocycles. The molecule has 1 unspecified atom stereocenters. The minimum atomic E-state index is 0.0782. The smallest absolute Gasteiger partial charge is 0.228 e. The molecule has 1 aliphatic rings. The van der Waals surface area contributed by atoms with Gasteiger partial charge in [-0.3, -0.25) is 4.79 Å². The Kier molecular flexibility index (Phi) is 3.58. The van der Waals surface area contributed by atoms with Crippen molar-refractivity contribution in [3.63, 3.8) is 0 Å². The van der Waals surface area contributed by atoms with Crippen molar-refractivity contribution in [2.45, 2.75) is 6.42 Å². The van der Waals surface area contributed by atoms with E-state index in [2.05, 4.69) is 15.6 Å². The average molecular weight is 234 g/mol. The number of pyridine rings is 1. The van der Waals surface area contributed by atoms with E-state index >= 15 is 0 Å². The molecule has 1 saturated heterocycles. The lowest BCUT2D eigenvalue weighted by atomic mass is 10.1. The normalized spacial score (nSPS) is 19.1. The molecule has 17 heavy (non-hydrogen) atoms. The summed E-state index contributed by atoms with van der Waals surface area (Å²) >= 11 is 0. The summed E-state index contributed by atoms with van der Waals surface area (Å²) in [6, 6.07) is 3.77. The number of carbonyl (C=O) groups is 1. The van der Waals surface area contributed by atoms with E-state index in [0.717, 1.165) is 31.0 Å². The molecule has 1 fully saturated rings. The van der Waals surface area contributed by atoms with Crippen LogP contribution in [0.3, 0.4) is 0 Å². The molecule has 5 nitrogen and oxygen atoms in total. The molecule has 0 saturated carbocycles. The Balaban J connectivity index is 1.96. The summed E-state index contributed by atoms with van der Waals surface area (Å²) in [6.45, 7) is 1.70. The maximum atomic E-state index is 11.8. The maximum absolute atomic E-state index is 11.8. The number of rotatable bonds is 3. The number of hydrogen-bond acceptors (Lipinski definition) is 4. The van der Waals surface area contributed by atoms with Gasteiger partial charge in [0, 0.05) is 20.6 Å². The van der Waals surface area contributed by atoms with Crippen LogP contribution in [0.2, 0.25) is 0 Å². The number of nitrogens with one attached hydrogen (secondary N) is 2. The van der Waals surface area contributed by atoms with Crippen molar-refractivity contribution in [3.8, 4) is 0 Å². The van der Waals surface area contributed by atoms with Crippen LogP contribution in [0.1, 0.15) is 6.42 Å². The fourth-order valence-corrected chi connectivity index (χ4v) is 1.85. The molecule has 92 valence electrons. The van der Waals surface area contributed by atoms with Crippen molar-refractivity contribution in [2.24, 2.45) is 5.92 Å². The molecule has 2 heterocycles. The largest absolute Gasteiger partial charge is 0.363 e. The van der Waals surface area contributed by atoms with Gasteiger partial charge in [0.1, 0.15) is 5.82 Å². The molecule has 0 spiro atoms. The van der Waals surface area contributed by atoms with Gasteiger partial charge in [-0.05, 0) is 25.1 Å². The summed E-state index contributed by atoms with van der Waals surface area (Å²) in [5, 5.41) is 6.07. The van der Waals surface area contributed by atoms with E-state index in [0.29, 0.717) is 0 Å². The highest BCUT2D eigenvalue weighted by Gasteiger charge is 2.22. The zero-order chi connectivity index (χ0) is 12.3. The molecule has 1 atom stereocenters. The van der Waals surface area contributed by atoms with Crippen LogP contribution in [-0.2, 0) is 4.79 Å². The standard InChI is InChI=1S/C12H18N4O/c1-16(2)11-4-3-10(8-14-11)15-12(17)9-5-6-13-7-9/h3-4,8-9,13H,5-7H2,1-2H3,(H,15,17). The van der Waals surface area contributed by atoms with E-state index in [1.54, 1.807) is 6.20 Å². The van der Waals surface area contributed by atoms with Gasteiger partial charge in [0.2, 0.25) is 5.91 Å². The minimum Gasteiger partial charge on any atom is -0.363 e. The van der Waals surface area contributed by atoms with Gasteiger partial charge in [-0.25, -0.2) is 4.98 Å². The van der Waals surface area contributed by atoms with Crippen LogP contribution in [0.4, 0.5) is 11.5 Å². The number of aromatic nitrogens is 1. The molecule has 1 aromatic rings. The molecular weight excluding hydrogens is 216 g/mol. The van der Waals surface area contributed by atoms with Crippen molar-refractivity contribution in [1.29, 1.82) is 0 Å². The van der Waals surface area contributed by atoms with E-state index in [1.165, 1.54) is 0 Å². The highest BCUT2D eigenvalue weighted by molar-refractivity contribution is 5.92. The molecule has 2 rings (SSSR count). The van der Waals surface area contributed by atoms with Gasteiger partial charge >= 0.3 is 0 Å². The SMILES string of the molecule is CN(C)c1ccc(NC(=O)C2CCNC2)cn1. The van der Waals surface area contributed by atoms with Gasteiger partial charge in [-0.1, -0.05) is 0 Å². The lowest BCUT2D eigenvalue weighted by molar-refractivity contribution is -0.119. The second-order valence-corrected chi connectivity index (χ2v) is 4.48. The van der Waals surface area contributed by atoms with Crippen LogP contribution < -0.4 is 15.5 Å². The first-order valence-corrected chi connectivity index (χ1v) is 5.82. The zero-order valence-electron chi connectivity index (χ0n) is 10.2. The number of hydrogen-bond donors (Lipinski definition) is 2. The maximum Gasteiger partial charge on any atom is 0.228 e. The van der Waals surface area contributed by atoms with Crippen molar-refractivity contribution in [3.05, 3.63) is 18.3 Å². The summed E-state index contributed by atoms with van der Waals surface area (Å²) in [7, 11) is 3.87. The van der Waals surface area contributed by atoms with Crippen molar-refractivity contribution in [2.75, 3.05) is 37.4 Å². The summed E-state index contributed by atoms with van der Waals surface area (Å²) in [5.41, 5.74) is 0.757. The predicted molar refractivity (Wildman–Crippen MR) is 68.2 cm³/mol. The lowest BCUT2D eigenvalue weighted by Gasteiger charge is -2.13. The molecule has 0 bridgehead atoms. The van der Waals surface area contributed by atoms with Gasteiger partial charge < -0.3 is 15.5 Å². The quantitative estimate of drug-likeness (QED) is 0.808. The van der Waals surface area contributed by atoms with Gasteiger partial charge in [0.05, 0.1) is 17.8 Å². The first-order valence-electron chi connectivity index (χ1n) is 5.82. The van der Waals surface area contributed by atoms with Crippen LogP contribution >= 0.6 is 0 Å². The molecule has 0 radical (unpaired) electrons. The van der Waals surface area contributed by atoms with Crippen LogP contribution in [0.15, 0.2) is 18.3 Å². The van der Waals surface area contributed by atoms with Crippen LogP contribution in [0.5, 0.6) is 0 Å². The molecule has 1 aliphatic heterocycles. The third-order valence-corrected chi connectivity index (χ3v) is 2.90. The Labute approximate surface area is 101 Å². The summed E-state index contributed by atoms with van der Waals surface area (Å²) < 4.78 is 0. The van der Waals surface area contributed by atoms with E-state index in [1.807, 2.05) is 31.1 Å². The van der Waals surface area contributed by atoms with Gasteiger partial charge in [0.25, 0.3) is 0 Å². The van der Waals surface area contributed by atoms with Gasteiger partial charge in [-0.2, -0.15) is 0 Å². The summed E-state index contributed by atoms with van der Waals surface area (Å²) in [5.74, 6) is 1.04. The molecule has 2 N–H and O–H groups in total. The topological polar surface area (TPSA) is 57.3 Å². The Morgan fingerprint density at radius 1 is 1.53 bits per heavy atom. The minimum absolute atomic E-state index is 0.0782. The summed E-state index contributed by atoms with van der Waals surface area (Å²) in [4.78, 5) is 18.0. The van der Waals surface area contributed by atoms with E-state index in [-0.39, 0.29) is 11.8 Å². The van der Waals surface area contributed by atoms with Gasteiger partial charge in [-0.15, -0.1) is 0 Å². The second-order valence-electron chi connectivity index (χ2n) is 4.48. The number of amides is 1. The van der Waals surface area contributed by atoms with Crippen molar-refractivity contribution < 1.29 is 4.79 Å². The lowest BCUT2D eigenvalue weighted by Crippen LogP contribution is -2.24. The summed E-state index contributed by atoms with van der Waals surface area (Å²) in [6.07, 6.45) is 2.60. The van der Waals surface area contributed by atoms with Crippen molar-refractivity contribution >= 4 is 17.4 Å². The molecule has 1 aromatic heterocycles. The Morgan fingerprint density at radius 3 is 2.88 bits per heavy atom. The Morgan fingerprint density at radius 2 is 2.35 bits per heavy atom. The van der Waals surface area contributed by atoms with Gasteiger partial charge in [0.15, 0.2) is 0 Å². The van der Waals surface area contributed by atoms with Crippen LogP contribution in [0.25, 0.3) is 0 Å². The highest BCUT2D eigenvalue weighted by Crippen LogP contribution is 2.14. The van der Waals surface area contributed by atoms with E-state index in [4.69, 9.17) is 0 Å². The van der Waals surface area contributed by atoms with Crippen LogP contribution in [0, 0.1) is 5.92 Å². The fraction of sp³-hybridized carbons (Fsp3) is 0.500. The molecule has 1 amide bonds. The average Bonchev–Trinajstić information content (AvgIpc) is 2.83.